The maximum atomic E-state index is 10.1. The monoisotopic (exact) mass is 170 g/mol. The number of aldehydes is 1. The van der Waals surface area contributed by atoms with E-state index in [-0.39, 0.29) is 12.0 Å². The molecule has 12 heavy (non-hydrogen) atoms. The van der Waals surface area contributed by atoms with Crippen molar-refractivity contribution >= 4 is 6.29 Å². The summed E-state index contributed by atoms with van der Waals surface area (Å²) in [5.41, 5.74) is 0. The largest absolute Gasteiger partial charge is 0.381 e. The smallest absolute Gasteiger partial charge is 0.290 e. The van der Waals surface area contributed by atoms with E-state index in [1.165, 1.54) is 0 Å². The fourth-order valence-electron chi connectivity index (χ4n) is 0.739. The Morgan fingerprint density at radius 3 is 3.00 bits per heavy atom. The zero-order valence-corrected chi connectivity index (χ0v) is 6.98. The van der Waals surface area contributed by atoms with Gasteiger partial charge in [0.15, 0.2) is 5.82 Å². The summed E-state index contributed by atoms with van der Waals surface area (Å²) in [5.74, 6) is 0.500. The molecule has 0 aliphatic heterocycles. The second-order valence-corrected chi connectivity index (χ2v) is 2.42. The van der Waals surface area contributed by atoms with Crippen molar-refractivity contribution in [2.24, 2.45) is 0 Å². The number of hydrogen-bond acceptors (Lipinski definition) is 5. The van der Waals surface area contributed by atoms with Crippen LogP contribution in [-0.4, -0.2) is 29.6 Å². The molecular weight excluding hydrogens is 160 g/mol. The quantitative estimate of drug-likeness (QED) is 0.614. The predicted molar refractivity (Wildman–Crippen MR) is 39.9 cm³/mol. The molecule has 1 rings (SSSR count). The van der Waals surface area contributed by atoms with Crippen molar-refractivity contribution in [2.75, 3.05) is 7.11 Å². The summed E-state index contributed by atoms with van der Waals surface area (Å²) in [7, 11) is 1.60. The van der Waals surface area contributed by atoms with Crippen molar-refractivity contribution in [3.05, 3.63) is 11.7 Å². The summed E-state index contributed by atoms with van der Waals surface area (Å²) in [6.07, 6.45) is 1.10. The van der Waals surface area contributed by atoms with E-state index in [0.29, 0.717) is 18.5 Å². The lowest BCUT2D eigenvalue weighted by Gasteiger charge is -2.03. The molecule has 1 atom stereocenters. The zero-order chi connectivity index (χ0) is 8.97. The van der Waals surface area contributed by atoms with Gasteiger partial charge in [-0.2, -0.15) is 4.98 Å². The number of nitrogens with zero attached hydrogens (tertiary/aromatic N) is 2. The van der Waals surface area contributed by atoms with Gasteiger partial charge in [0, 0.05) is 13.5 Å². The molecule has 0 aromatic carbocycles. The van der Waals surface area contributed by atoms with Gasteiger partial charge in [-0.25, -0.2) is 0 Å². The lowest BCUT2D eigenvalue weighted by molar-refractivity contribution is 0.108. The van der Waals surface area contributed by atoms with Crippen LogP contribution < -0.4 is 0 Å². The Kier molecular flexibility index (Phi) is 2.93. The summed E-state index contributed by atoms with van der Waals surface area (Å²) in [4.78, 5) is 13.9. The molecular formula is C7H10N2O3. The molecule has 0 spiro atoms. The Morgan fingerprint density at radius 1 is 1.75 bits per heavy atom. The summed E-state index contributed by atoms with van der Waals surface area (Å²) < 4.78 is 9.56. The van der Waals surface area contributed by atoms with Gasteiger partial charge in [0.25, 0.3) is 5.89 Å². The number of carbonyl (C=O) groups is 1. The highest BCUT2D eigenvalue weighted by atomic mass is 16.5. The van der Waals surface area contributed by atoms with Crippen LogP contribution in [0.3, 0.4) is 0 Å². The third-order valence-electron chi connectivity index (χ3n) is 1.46. The number of aromatic nitrogens is 2. The van der Waals surface area contributed by atoms with E-state index in [2.05, 4.69) is 14.7 Å². The van der Waals surface area contributed by atoms with Crippen molar-refractivity contribution in [2.45, 2.75) is 19.4 Å². The van der Waals surface area contributed by atoms with E-state index in [1.807, 2.05) is 6.92 Å². The standard InChI is InChI=1S/C7H10N2O3/c1-5(11-2)3-6-8-7(4-10)12-9-6/h4-5H,3H2,1-2H3. The Morgan fingerprint density at radius 2 is 2.50 bits per heavy atom. The van der Waals surface area contributed by atoms with Gasteiger partial charge in [-0.3, -0.25) is 4.79 Å². The molecule has 0 amide bonds. The van der Waals surface area contributed by atoms with Gasteiger partial charge in [-0.1, -0.05) is 5.16 Å². The Balaban J connectivity index is 2.57. The highest BCUT2D eigenvalue weighted by Gasteiger charge is 2.08. The van der Waals surface area contributed by atoms with Gasteiger partial charge in [0.2, 0.25) is 6.29 Å². The maximum Gasteiger partial charge on any atom is 0.290 e. The molecule has 0 radical (unpaired) electrons. The SMILES string of the molecule is COC(C)Cc1noc(C=O)n1. The molecule has 5 heteroatoms. The Labute approximate surface area is 69.7 Å². The first-order chi connectivity index (χ1) is 5.76. The van der Waals surface area contributed by atoms with E-state index in [0.717, 1.165) is 0 Å². The Hall–Kier alpha value is -1.23. The molecule has 1 unspecified atom stereocenters. The van der Waals surface area contributed by atoms with Crippen molar-refractivity contribution in [1.29, 1.82) is 0 Å². The van der Waals surface area contributed by atoms with Crippen molar-refractivity contribution in [3.8, 4) is 0 Å². The molecule has 66 valence electrons. The van der Waals surface area contributed by atoms with Gasteiger partial charge in [0.05, 0.1) is 6.10 Å². The van der Waals surface area contributed by atoms with Gasteiger partial charge < -0.3 is 9.26 Å². The molecule has 1 aromatic rings. The highest BCUT2D eigenvalue weighted by Crippen LogP contribution is 2.00. The number of carbonyl (C=O) groups excluding carboxylic acids is 1. The van der Waals surface area contributed by atoms with E-state index in [1.54, 1.807) is 7.11 Å². The van der Waals surface area contributed by atoms with Crippen molar-refractivity contribution in [3.63, 3.8) is 0 Å². The third kappa shape index (κ3) is 2.13. The lowest BCUT2D eigenvalue weighted by atomic mass is 10.3. The second kappa shape index (κ2) is 3.96. The molecule has 0 N–H and O–H groups in total. The number of ether oxygens (including phenoxy) is 1. The second-order valence-electron chi connectivity index (χ2n) is 2.42. The predicted octanol–water partition coefficient (Wildman–Crippen LogP) is 0.460. The lowest BCUT2D eigenvalue weighted by Crippen LogP contribution is -2.09. The van der Waals surface area contributed by atoms with Crippen LogP contribution in [0.1, 0.15) is 23.4 Å². The van der Waals surface area contributed by atoms with Crippen molar-refractivity contribution < 1.29 is 14.1 Å². The normalized spacial score (nSPS) is 12.8. The molecule has 0 aliphatic rings. The van der Waals surface area contributed by atoms with E-state index in [4.69, 9.17) is 4.74 Å². The van der Waals surface area contributed by atoms with Crippen LogP contribution in [0.2, 0.25) is 0 Å². The van der Waals surface area contributed by atoms with Crippen LogP contribution in [0.4, 0.5) is 0 Å². The first kappa shape index (κ1) is 8.86. The average Bonchev–Trinajstić information content (AvgIpc) is 2.52. The van der Waals surface area contributed by atoms with Crippen LogP contribution in [-0.2, 0) is 11.2 Å². The third-order valence-corrected chi connectivity index (χ3v) is 1.46. The van der Waals surface area contributed by atoms with E-state index in [9.17, 15) is 4.79 Å². The summed E-state index contributed by atoms with van der Waals surface area (Å²) >= 11 is 0. The van der Waals surface area contributed by atoms with Crippen molar-refractivity contribution in [1.82, 2.24) is 10.1 Å². The van der Waals surface area contributed by atoms with Crippen LogP contribution in [0.5, 0.6) is 0 Å². The first-order valence-corrected chi connectivity index (χ1v) is 3.56. The van der Waals surface area contributed by atoms with E-state index < -0.39 is 0 Å². The van der Waals surface area contributed by atoms with Gasteiger partial charge in [-0.05, 0) is 6.92 Å². The number of hydrogen-bond donors (Lipinski definition) is 0. The molecule has 5 nitrogen and oxygen atoms in total. The summed E-state index contributed by atoms with van der Waals surface area (Å²) in [6, 6.07) is 0. The van der Waals surface area contributed by atoms with Crippen LogP contribution in [0, 0.1) is 0 Å². The highest BCUT2D eigenvalue weighted by molar-refractivity contribution is 5.66. The molecule has 0 fully saturated rings. The van der Waals surface area contributed by atoms with Crippen LogP contribution in [0.15, 0.2) is 4.52 Å². The summed E-state index contributed by atoms with van der Waals surface area (Å²) in [5, 5.41) is 3.58. The first-order valence-electron chi connectivity index (χ1n) is 3.56. The van der Waals surface area contributed by atoms with Crippen LogP contribution >= 0.6 is 0 Å². The van der Waals surface area contributed by atoms with Gasteiger partial charge >= 0.3 is 0 Å². The molecule has 0 aliphatic carbocycles. The zero-order valence-electron chi connectivity index (χ0n) is 6.98. The molecule has 1 aromatic heterocycles. The van der Waals surface area contributed by atoms with Gasteiger partial charge in [0.1, 0.15) is 0 Å². The molecule has 0 saturated carbocycles. The number of rotatable bonds is 4. The fraction of sp³-hybridized carbons (Fsp3) is 0.571. The molecule has 0 bridgehead atoms. The maximum absolute atomic E-state index is 10.1. The van der Waals surface area contributed by atoms with Gasteiger partial charge in [-0.15, -0.1) is 0 Å². The van der Waals surface area contributed by atoms with Crippen LogP contribution in [0.25, 0.3) is 0 Å². The Bertz CT molecular complexity index is 259. The van der Waals surface area contributed by atoms with E-state index >= 15 is 0 Å². The minimum atomic E-state index is 0.00769. The summed E-state index contributed by atoms with van der Waals surface area (Å²) in [6.45, 7) is 1.89. The average molecular weight is 170 g/mol. The topological polar surface area (TPSA) is 65.2 Å². The molecule has 1 heterocycles. The molecule has 0 saturated heterocycles. The minimum absolute atomic E-state index is 0.00769. The minimum Gasteiger partial charge on any atom is -0.381 e. The number of methoxy groups -OCH3 is 1. The fourth-order valence-corrected chi connectivity index (χ4v) is 0.739.